The summed E-state index contributed by atoms with van der Waals surface area (Å²) in [7, 11) is 0. The number of urea groups is 1. The highest BCUT2D eigenvalue weighted by molar-refractivity contribution is 5.93. The minimum atomic E-state index is -0.644. The van der Waals surface area contributed by atoms with Crippen molar-refractivity contribution in [2.45, 2.75) is 39.8 Å². The van der Waals surface area contributed by atoms with Crippen molar-refractivity contribution in [2.75, 3.05) is 11.9 Å². The molecule has 5 nitrogen and oxygen atoms in total. The van der Waals surface area contributed by atoms with Crippen LogP contribution in [0.5, 0.6) is 0 Å². The summed E-state index contributed by atoms with van der Waals surface area (Å²) in [6.07, 6.45) is 2.07. The summed E-state index contributed by atoms with van der Waals surface area (Å²) in [5.74, 6) is 0.583. The number of benzene rings is 1. The second-order valence-electron chi connectivity index (χ2n) is 6.76. The van der Waals surface area contributed by atoms with E-state index in [-0.39, 0.29) is 12.6 Å². The predicted molar refractivity (Wildman–Crippen MR) is 90.1 cm³/mol. The topological polar surface area (TPSA) is 66.3 Å². The molecule has 0 saturated heterocycles. The molecule has 2 amide bonds. The van der Waals surface area contributed by atoms with Gasteiger partial charge in [0.25, 0.3) is 0 Å². The molecule has 0 bridgehead atoms. The van der Waals surface area contributed by atoms with E-state index in [0.29, 0.717) is 5.92 Å². The fraction of sp³-hybridized carbons (Fsp3) is 0.471. The summed E-state index contributed by atoms with van der Waals surface area (Å²) in [5.41, 5.74) is 1.26. The van der Waals surface area contributed by atoms with E-state index in [1.807, 2.05) is 18.2 Å². The Bertz CT molecular complexity index is 659. The van der Waals surface area contributed by atoms with Gasteiger partial charge in [0.15, 0.2) is 0 Å². The van der Waals surface area contributed by atoms with Gasteiger partial charge in [-0.15, -0.1) is 0 Å². The van der Waals surface area contributed by atoms with Crippen molar-refractivity contribution >= 4 is 22.6 Å². The van der Waals surface area contributed by atoms with Crippen LogP contribution >= 0.6 is 0 Å². The fourth-order valence-electron chi connectivity index (χ4n) is 2.34. The summed E-state index contributed by atoms with van der Waals surface area (Å²) >= 11 is 0. The number of fused-ring (bicyclic) bond motifs is 1. The zero-order valence-corrected chi connectivity index (χ0v) is 13.7. The number of nitrogens with one attached hydrogen (secondary N) is 2. The van der Waals surface area contributed by atoms with E-state index < -0.39 is 5.54 Å². The van der Waals surface area contributed by atoms with E-state index in [1.165, 1.54) is 0 Å². The molecule has 0 aliphatic heterocycles. The second kappa shape index (κ2) is 6.40. The van der Waals surface area contributed by atoms with Gasteiger partial charge in [0.1, 0.15) is 0 Å². The van der Waals surface area contributed by atoms with Gasteiger partial charge in [0.05, 0.1) is 12.1 Å². The molecule has 0 unspecified atom stereocenters. The maximum atomic E-state index is 11.9. The number of carbonyl (C=O) groups is 1. The van der Waals surface area contributed by atoms with Crippen molar-refractivity contribution in [2.24, 2.45) is 5.92 Å². The average Bonchev–Trinajstić information content (AvgIpc) is 2.80. The van der Waals surface area contributed by atoms with Crippen LogP contribution in [0.4, 0.5) is 10.5 Å². The molecular formula is C17H25N3O2. The third-order valence-corrected chi connectivity index (χ3v) is 3.44. The molecule has 2 aromatic rings. The quantitative estimate of drug-likeness (QED) is 0.794. The van der Waals surface area contributed by atoms with Crippen LogP contribution < -0.4 is 10.6 Å². The van der Waals surface area contributed by atoms with Crippen molar-refractivity contribution in [1.82, 2.24) is 9.88 Å². The van der Waals surface area contributed by atoms with Crippen LogP contribution in [0.1, 0.15) is 27.7 Å². The molecule has 0 atom stereocenters. The van der Waals surface area contributed by atoms with E-state index in [4.69, 9.17) is 0 Å². The molecule has 1 heterocycles. The van der Waals surface area contributed by atoms with Gasteiger partial charge >= 0.3 is 6.03 Å². The minimum absolute atomic E-state index is 0.114. The highest BCUT2D eigenvalue weighted by atomic mass is 16.3. The standard InChI is InChI=1S/C17H25N3O2/c1-12(2)10-20-8-7-13-9-14(5-6-15(13)20)18-16(22)19-17(3,4)11-21/h5-9,12,21H,10-11H2,1-4H3,(H2,18,19,22). The molecule has 2 rings (SSSR count). The Morgan fingerprint density at radius 1 is 1.32 bits per heavy atom. The third-order valence-electron chi connectivity index (χ3n) is 3.44. The normalized spacial score (nSPS) is 11.9. The van der Waals surface area contributed by atoms with Crippen molar-refractivity contribution < 1.29 is 9.90 Å². The lowest BCUT2D eigenvalue weighted by Gasteiger charge is -2.23. The van der Waals surface area contributed by atoms with Crippen LogP contribution in [0, 0.1) is 5.92 Å². The molecule has 1 aromatic heterocycles. The van der Waals surface area contributed by atoms with E-state index >= 15 is 0 Å². The van der Waals surface area contributed by atoms with Crippen molar-refractivity contribution in [3.8, 4) is 0 Å². The molecule has 0 aliphatic rings. The molecule has 3 N–H and O–H groups in total. The fourth-order valence-corrected chi connectivity index (χ4v) is 2.34. The van der Waals surface area contributed by atoms with Crippen molar-refractivity contribution in [1.29, 1.82) is 0 Å². The van der Waals surface area contributed by atoms with Gasteiger partial charge in [-0.1, -0.05) is 13.8 Å². The molecule has 5 heteroatoms. The van der Waals surface area contributed by atoms with Gasteiger partial charge in [-0.25, -0.2) is 4.79 Å². The molecule has 0 aliphatic carbocycles. The van der Waals surface area contributed by atoms with E-state index in [1.54, 1.807) is 13.8 Å². The maximum Gasteiger partial charge on any atom is 0.319 e. The molecule has 120 valence electrons. The Hall–Kier alpha value is -2.01. The average molecular weight is 303 g/mol. The molecular weight excluding hydrogens is 278 g/mol. The molecule has 1 aromatic carbocycles. The van der Waals surface area contributed by atoms with E-state index in [9.17, 15) is 9.90 Å². The van der Waals surface area contributed by atoms with Gasteiger partial charge in [0.2, 0.25) is 0 Å². The number of rotatable bonds is 5. The lowest BCUT2D eigenvalue weighted by atomic mass is 10.1. The highest BCUT2D eigenvalue weighted by Gasteiger charge is 2.19. The van der Waals surface area contributed by atoms with Crippen LogP contribution in [0.2, 0.25) is 0 Å². The van der Waals surface area contributed by atoms with Crippen LogP contribution in [0.3, 0.4) is 0 Å². The van der Waals surface area contributed by atoms with Gasteiger partial charge in [0, 0.05) is 29.3 Å². The zero-order valence-electron chi connectivity index (χ0n) is 13.7. The molecule has 0 fully saturated rings. The Morgan fingerprint density at radius 2 is 2.05 bits per heavy atom. The van der Waals surface area contributed by atoms with E-state index in [0.717, 1.165) is 23.1 Å². The third kappa shape index (κ3) is 4.01. The van der Waals surface area contributed by atoms with Crippen molar-refractivity contribution in [3.05, 3.63) is 30.5 Å². The first-order valence-corrected chi connectivity index (χ1v) is 7.59. The van der Waals surface area contributed by atoms with Crippen LogP contribution in [0.25, 0.3) is 10.9 Å². The Balaban J connectivity index is 2.12. The number of aliphatic hydroxyl groups excluding tert-OH is 1. The summed E-state index contributed by atoms with van der Waals surface area (Å²) < 4.78 is 2.22. The number of carbonyl (C=O) groups excluding carboxylic acids is 1. The summed E-state index contributed by atoms with van der Waals surface area (Å²) in [5, 5.41) is 15.8. The number of hydrogen-bond donors (Lipinski definition) is 3. The maximum absolute atomic E-state index is 11.9. The van der Waals surface area contributed by atoms with Crippen LogP contribution in [-0.4, -0.2) is 27.9 Å². The minimum Gasteiger partial charge on any atom is -0.394 e. The van der Waals surface area contributed by atoms with E-state index in [2.05, 4.69) is 41.3 Å². The van der Waals surface area contributed by atoms with Gasteiger partial charge < -0.3 is 20.3 Å². The molecule has 22 heavy (non-hydrogen) atoms. The first-order chi connectivity index (χ1) is 10.3. The van der Waals surface area contributed by atoms with Gasteiger partial charge in [-0.3, -0.25) is 0 Å². The lowest BCUT2D eigenvalue weighted by Crippen LogP contribution is -2.48. The summed E-state index contributed by atoms with van der Waals surface area (Å²) in [6, 6.07) is 7.60. The SMILES string of the molecule is CC(C)Cn1ccc2cc(NC(=O)NC(C)(C)CO)ccc21. The monoisotopic (exact) mass is 303 g/mol. The number of amides is 2. The molecule has 0 saturated carbocycles. The second-order valence-corrected chi connectivity index (χ2v) is 6.76. The number of anilines is 1. The number of nitrogens with zero attached hydrogens (tertiary/aromatic N) is 1. The first kappa shape index (κ1) is 16.4. The Labute approximate surface area is 131 Å². The van der Waals surface area contributed by atoms with Crippen LogP contribution in [0.15, 0.2) is 30.5 Å². The number of aromatic nitrogens is 1. The van der Waals surface area contributed by atoms with Gasteiger partial charge in [-0.05, 0) is 44.0 Å². The highest BCUT2D eigenvalue weighted by Crippen LogP contribution is 2.21. The summed E-state index contributed by atoms with van der Waals surface area (Å²) in [6.45, 7) is 8.77. The predicted octanol–water partition coefficient (Wildman–Crippen LogP) is 3.19. The Morgan fingerprint density at radius 3 is 2.68 bits per heavy atom. The Kier molecular flexibility index (Phi) is 4.76. The molecule has 0 radical (unpaired) electrons. The molecule has 0 spiro atoms. The lowest BCUT2D eigenvalue weighted by molar-refractivity contribution is 0.187. The first-order valence-electron chi connectivity index (χ1n) is 7.59. The largest absolute Gasteiger partial charge is 0.394 e. The smallest absolute Gasteiger partial charge is 0.319 e. The van der Waals surface area contributed by atoms with Crippen LogP contribution in [-0.2, 0) is 6.54 Å². The summed E-state index contributed by atoms with van der Waals surface area (Å²) in [4.78, 5) is 11.9. The van der Waals surface area contributed by atoms with Gasteiger partial charge in [-0.2, -0.15) is 0 Å². The zero-order chi connectivity index (χ0) is 16.3. The number of hydrogen-bond acceptors (Lipinski definition) is 2. The number of aliphatic hydroxyl groups is 1. The van der Waals surface area contributed by atoms with Crippen molar-refractivity contribution in [3.63, 3.8) is 0 Å².